The number of benzene rings is 1. The molecule has 10 nitrogen and oxygen atoms in total. The highest BCUT2D eigenvalue weighted by atomic mass is 16.7. The van der Waals surface area contributed by atoms with Gasteiger partial charge in [0.15, 0.2) is 0 Å². The van der Waals surface area contributed by atoms with E-state index >= 15 is 0 Å². The SMILES string of the molecule is CC(C)(C)OC(=O)CCC(NC(=O)OCc1ccccc1)C(=O)ON1C(=O)CCC1=O. The molecule has 10 heteroatoms. The predicted molar refractivity (Wildman–Crippen MR) is 106 cm³/mol. The van der Waals surface area contributed by atoms with Gasteiger partial charge in [0.05, 0.1) is 0 Å². The van der Waals surface area contributed by atoms with Crippen LogP contribution in [0.15, 0.2) is 30.3 Å². The Bertz CT molecular complexity index is 816. The van der Waals surface area contributed by atoms with E-state index in [4.69, 9.17) is 14.3 Å². The quantitative estimate of drug-likeness (QED) is 0.486. The van der Waals surface area contributed by atoms with E-state index in [0.717, 1.165) is 5.56 Å². The molecule has 0 radical (unpaired) electrons. The standard InChI is InChI=1S/C21H26N2O8/c1-21(2,3)30-18(26)12-9-15(19(27)31-23-16(24)10-11-17(23)25)22-20(28)29-13-14-7-5-4-6-8-14/h4-8,15H,9-13H2,1-3H3,(H,22,28). The summed E-state index contributed by atoms with van der Waals surface area (Å²) in [7, 11) is 0. The summed E-state index contributed by atoms with van der Waals surface area (Å²) in [6.07, 6.45) is -1.45. The number of imide groups is 1. The van der Waals surface area contributed by atoms with Gasteiger partial charge in [-0.25, -0.2) is 9.59 Å². The molecular weight excluding hydrogens is 408 g/mol. The summed E-state index contributed by atoms with van der Waals surface area (Å²) >= 11 is 0. The summed E-state index contributed by atoms with van der Waals surface area (Å²) in [5, 5.41) is 2.69. The Morgan fingerprint density at radius 3 is 2.26 bits per heavy atom. The van der Waals surface area contributed by atoms with Gasteiger partial charge in [-0.2, -0.15) is 0 Å². The van der Waals surface area contributed by atoms with Gasteiger partial charge in [0, 0.05) is 19.3 Å². The van der Waals surface area contributed by atoms with Crippen molar-refractivity contribution < 1.29 is 38.3 Å². The van der Waals surface area contributed by atoms with Crippen LogP contribution in [0.5, 0.6) is 0 Å². The van der Waals surface area contributed by atoms with Crippen LogP contribution in [-0.2, 0) is 40.1 Å². The van der Waals surface area contributed by atoms with Gasteiger partial charge in [0.2, 0.25) is 0 Å². The van der Waals surface area contributed by atoms with Crippen LogP contribution in [0.2, 0.25) is 0 Å². The maximum atomic E-state index is 12.5. The van der Waals surface area contributed by atoms with Crippen LogP contribution in [0.4, 0.5) is 4.79 Å². The molecule has 1 aromatic rings. The smallest absolute Gasteiger partial charge is 0.408 e. The zero-order valence-corrected chi connectivity index (χ0v) is 17.7. The van der Waals surface area contributed by atoms with E-state index < -0.39 is 41.5 Å². The van der Waals surface area contributed by atoms with E-state index in [0.29, 0.717) is 5.06 Å². The molecule has 1 fully saturated rings. The van der Waals surface area contributed by atoms with Crippen LogP contribution in [0.1, 0.15) is 52.0 Å². The molecule has 1 atom stereocenters. The molecule has 1 aromatic carbocycles. The molecule has 31 heavy (non-hydrogen) atoms. The molecule has 168 valence electrons. The first-order valence-electron chi connectivity index (χ1n) is 9.82. The van der Waals surface area contributed by atoms with Gasteiger partial charge in [0.1, 0.15) is 18.2 Å². The van der Waals surface area contributed by atoms with Crippen LogP contribution >= 0.6 is 0 Å². The summed E-state index contributed by atoms with van der Waals surface area (Å²) in [6.45, 7) is 5.05. The second-order valence-electron chi connectivity index (χ2n) is 7.88. The minimum atomic E-state index is -1.34. The van der Waals surface area contributed by atoms with Crippen molar-refractivity contribution in [2.24, 2.45) is 0 Å². The van der Waals surface area contributed by atoms with Crippen molar-refractivity contribution in [2.45, 2.75) is 64.7 Å². The van der Waals surface area contributed by atoms with E-state index in [-0.39, 0.29) is 32.3 Å². The molecule has 1 N–H and O–H groups in total. The van der Waals surface area contributed by atoms with E-state index in [1.807, 2.05) is 6.07 Å². The van der Waals surface area contributed by atoms with Crippen LogP contribution in [0.25, 0.3) is 0 Å². The number of carbonyl (C=O) groups is 5. The zero-order chi connectivity index (χ0) is 23.0. The Kier molecular flexibility index (Phi) is 8.12. The monoisotopic (exact) mass is 434 g/mol. The molecule has 0 spiro atoms. The number of carbonyl (C=O) groups excluding carboxylic acids is 5. The van der Waals surface area contributed by atoms with Crippen molar-refractivity contribution in [3.05, 3.63) is 35.9 Å². The highest BCUT2D eigenvalue weighted by molar-refractivity contribution is 6.01. The number of nitrogens with one attached hydrogen (secondary N) is 1. The van der Waals surface area contributed by atoms with E-state index in [2.05, 4.69) is 5.32 Å². The van der Waals surface area contributed by atoms with Gasteiger partial charge in [-0.15, -0.1) is 5.06 Å². The number of rotatable bonds is 8. The van der Waals surface area contributed by atoms with Crippen LogP contribution in [0, 0.1) is 0 Å². The van der Waals surface area contributed by atoms with Crippen molar-refractivity contribution in [1.82, 2.24) is 10.4 Å². The number of hydrogen-bond acceptors (Lipinski definition) is 8. The lowest BCUT2D eigenvalue weighted by molar-refractivity contribution is -0.199. The minimum Gasteiger partial charge on any atom is -0.460 e. The molecule has 1 aliphatic rings. The van der Waals surface area contributed by atoms with Gasteiger partial charge < -0.3 is 19.6 Å². The third-order valence-electron chi connectivity index (χ3n) is 4.03. The van der Waals surface area contributed by atoms with Gasteiger partial charge >= 0.3 is 18.0 Å². The Balaban J connectivity index is 1.99. The summed E-state index contributed by atoms with van der Waals surface area (Å²) < 4.78 is 10.3. The van der Waals surface area contributed by atoms with Crippen molar-refractivity contribution >= 4 is 29.8 Å². The average Bonchev–Trinajstić information content (AvgIpc) is 3.01. The average molecular weight is 434 g/mol. The fraction of sp³-hybridized carbons (Fsp3) is 0.476. The van der Waals surface area contributed by atoms with E-state index in [9.17, 15) is 24.0 Å². The first kappa shape index (κ1) is 23.8. The minimum absolute atomic E-state index is 0.0381. The number of esters is 1. The number of alkyl carbamates (subject to hydrolysis) is 1. The van der Waals surface area contributed by atoms with Crippen molar-refractivity contribution in [2.75, 3.05) is 0 Å². The Labute approximate surface area is 179 Å². The Hall–Kier alpha value is -3.43. The number of hydroxylamine groups is 2. The van der Waals surface area contributed by atoms with Gasteiger partial charge in [0.25, 0.3) is 11.8 Å². The number of hydrogen-bond donors (Lipinski definition) is 1. The van der Waals surface area contributed by atoms with Crippen molar-refractivity contribution in [3.63, 3.8) is 0 Å². The summed E-state index contributed by atoms with van der Waals surface area (Å²) in [5.74, 6) is -2.96. The van der Waals surface area contributed by atoms with Crippen LogP contribution in [0.3, 0.4) is 0 Å². The van der Waals surface area contributed by atoms with Crippen LogP contribution < -0.4 is 5.32 Å². The normalized spacial score (nSPS) is 14.7. The summed E-state index contributed by atoms with van der Waals surface area (Å²) in [5.41, 5.74) is 0.0163. The fourth-order valence-electron chi connectivity index (χ4n) is 2.62. The first-order chi connectivity index (χ1) is 14.5. The second-order valence-corrected chi connectivity index (χ2v) is 7.88. The molecule has 1 unspecified atom stereocenters. The lowest BCUT2D eigenvalue weighted by atomic mass is 10.1. The van der Waals surface area contributed by atoms with Crippen LogP contribution in [-0.4, -0.2) is 46.6 Å². The van der Waals surface area contributed by atoms with Gasteiger partial charge in [-0.05, 0) is 32.8 Å². The number of ether oxygens (including phenoxy) is 2. The lowest BCUT2D eigenvalue weighted by Gasteiger charge is -2.22. The second kappa shape index (κ2) is 10.6. The van der Waals surface area contributed by atoms with E-state index in [1.165, 1.54) is 0 Å². The fourth-order valence-corrected chi connectivity index (χ4v) is 2.62. The Morgan fingerprint density at radius 2 is 1.68 bits per heavy atom. The molecule has 0 bridgehead atoms. The lowest BCUT2D eigenvalue weighted by Crippen LogP contribution is -2.45. The van der Waals surface area contributed by atoms with Crippen molar-refractivity contribution in [3.8, 4) is 0 Å². The van der Waals surface area contributed by atoms with E-state index in [1.54, 1.807) is 45.0 Å². The molecule has 1 saturated heterocycles. The Morgan fingerprint density at radius 1 is 1.06 bits per heavy atom. The maximum Gasteiger partial charge on any atom is 0.408 e. The summed E-state index contributed by atoms with van der Waals surface area (Å²) in [6, 6.07) is 7.55. The topological polar surface area (TPSA) is 128 Å². The zero-order valence-electron chi connectivity index (χ0n) is 17.7. The molecule has 1 aliphatic heterocycles. The number of amides is 3. The third kappa shape index (κ3) is 8.07. The molecule has 2 rings (SSSR count). The highest BCUT2D eigenvalue weighted by Gasteiger charge is 2.35. The molecule has 1 heterocycles. The number of nitrogens with zero attached hydrogens (tertiary/aromatic N) is 1. The predicted octanol–water partition coefficient (Wildman–Crippen LogP) is 2.01. The first-order valence-corrected chi connectivity index (χ1v) is 9.82. The largest absolute Gasteiger partial charge is 0.460 e. The molecule has 0 saturated carbocycles. The molecular formula is C21H26N2O8. The molecule has 0 aromatic heterocycles. The molecule has 0 aliphatic carbocycles. The molecule has 3 amide bonds. The van der Waals surface area contributed by atoms with Crippen molar-refractivity contribution in [1.29, 1.82) is 0 Å². The van der Waals surface area contributed by atoms with Gasteiger partial charge in [-0.1, -0.05) is 30.3 Å². The highest BCUT2D eigenvalue weighted by Crippen LogP contribution is 2.15. The van der Waals surface area contributed by atoms with Gasteiger partial charge in [-0.3, -0.25) is 14.4 Å². The summed E-state index contributed by atoms with van der Waals surface area (Å²) in [4.78, 5) is 64.9. The maximum absolute atomic E-state index is 12.5. The third-order valence-corrected chi connectivity index (χ3v) is 4.03.